The van der Waals surface area contributed by atoms with Crippen molar-refractivity contribution >= 4 is 33.3 Å². The number of aryl methyl sites for hydroxylation is 1. The Morgan fingerprint density at radius 1 is 1.19 bits per heavy atom. The number of anilines is 1. The van der Waals surface area contributed by atoms with Crippen LogP contribution in [-0.4, -0.2) is 19.5 Å². The van der Waals surface area contributed by atoms with E-state index in [1.165, 1.54) is 12.1 Å². The minimum Gasteiger partial charge on any atom is -0.478 e. The zero-order valence-corrected chi connectivity index (χ0v) is 12.6. The first kappa shape index (κ1) is 15.3. The number of rotatable bonds is 4. The van der Waals surface area contributed by atoms with E-state index in [0.717, 1.165) is 11.6 Å². The minimum atomic E-state index is -3.97. The van der Waals surface area contributed by atoms with E-state index in [9.17, 15) is 13.2 Å². The Morgan fingerprint density at radius 3 is 2.48 bits per heavy atom. The summed E-state index contributed by atoms with van der Waals surface area (Å²) in [5.41, 5.74) is 1.01. The standard InChI is InChI=1S/C14H12ClNO4S/c1-9-4-2-3-5-12(9)16-21(19,20)13-8-10(14(17)18)6-7-11(13)15/h2-8,16H,1H3,(H,17,18). The second kappa shape index (κ2) is 5.75. The van der Waals surface area contributed by atoms with Crippen molar-refractivity contribution in [3.63, 3.8) is 0 Å². The van der Waals surface area contributed by atoms with E-state index in [-0.39, 0.29) is 15.5 Å². The van der Waals surface area contributed by atoms with E-state index in [2.05, 4.69) is 4.72 Å². The third-order valence-corrected chi connectivity index (χ3v) is 4.70. The molecule has 0 unspecified atom stereocenters. The van der Waals surface area contributed by atoms with Crippen LogP contribution in [0.5, 0.6) is 0 Å². The molecule has 0 fully saturated rings. The summed E-state index contributed by atoms with van der Waals surface area (Å²) in [5, 5.41) is 8.90. The first-order chi connectivity index (χ1) is 9.81. The molecule has 0 aliphatic carbocycles. The van der Waals surface area contributed by atoms with Gasteiger partial charge in [0.1, 0.15) is 4.90 Å². The van der Waals surface area contributed by atoms with Crippen LogP contribution in [0, 0.1) is 6.92 Å². The monoisotopic (exact) mass is 325 g/mol. The van der Waals surface area contributed by atoms with Crippen LogP contribution in [0.25, 0.3) is 0 Å². The van der Waals surface area contributed by atoms with Crippen molar-refractivity contribution in [2.24, 2.45) is 0 Å². The van der Waals surface area contributed by atoms with Gasteiger partial charge in [-0.15, -0.1) is 0 Å². The summed E-state index contributed by atoms with van der Waals surface area (Å²) in [6.45, 7) is 1.76. The van der Waals surface area contributed by atoms with Crippen LogP contribution in [0.1, 0.15) is 15.9 Å². The van der Waals surface area contributed by atoms with E-state index in [0.29, 0.717) is 5.69 Å². The molecule has 0 saturated carbocycles. The highest BCUT2D eigenvalue weighted by molar-refractivity contribution is 7.92. The number of hydrogen-bond donors (Lipinski definition) is 2. The van der Waals surface area contributed by atoms with Gasteiger partial charge in [-0.2, -0.15) is 0 Å². The van der Waals surface area contributed by atoms with Crippen LogP contribution in [-0.2, 0) is 10.0 Å². The molecule has 2 rings (SSSR count). The number of para-hydroxylation sites is 1. The number of benzene rings is 2. The Labute approximate surface area is 127 Å². The Hall–Kier alpha value is -2.05. The van der Waals surface area contributed by atoms with Gasteiger partial charge in [0.2, 0.25) is 0 Å². The molecule has 0 atom stereocenters. The van der Waals surface area contributed by atoms with Crippen molar-refractivity contribution in [3.05, 3.63) is 58.6 Å². The highest BCUT2D eigenvalue weighted by Gasteiger charge is 2.20. The minimum absolute atomic E-state index is 0.0407. The molecule has 5 nitrogen and oxygen atoms in total. The predicted octanol–water partition coefficient (Wildman–Crippen LogP) is 3.15. The number of carboxylic acid groups (broad SMARTS) is 1. The smallest absolute Gasteiger partial charge is 0.335 e. The summed E-state index contributed by atoms with van der Waals surface area (Å²) in [6.07, 6.45) is 0. The Morgan fingerprint density at radius 2 is 1.86 bits per heavy atom. The molecule has 0 saturated heterocycles. The third kappa shape index (κ3) is 3.34. The molecule has 0 amide bonds. The molecule has 2 aromatic carbocycles. The van der Waals surface area contributed by atoms with Gasteiger partial charge in [0, 0.05) is 0 Å². The van der Waals surface area contributed by atoms with E-state index in [1.807, 2.05) is 0 Å². The summed E-state index contributed by atoms with van der Waals surface area (Å²) in [4.78, 5) is 10.7. The van der Waals surface area contributed by atoms with Crippen LogP contribution < -0.4 is 4.72 Å². The third-order valence-electron chi connectivity index (χ3n) is 2.86. The number of hydrogen-bond acceptors (Lipinski definition) is 3. The Balaban J connectivity index is 2.47. The second-order valence-electron chi connectivity index (χ2n) is 4.37. The summed E-state index contributed by atoms with van der Waals surface area (Å²) >= 11 is 5.88. The second-order valence-corrected chi connectivity index (χ2v) is 6.43. The lowest BCUT2D eigenvalue weighted by atomic mass is 10.2. The maximum absolute atomic E-state index is 12.4. The molecule has 0 bridgehead atoms. The zero-order chi connectivity index (χ0) is 15.6. The number of halogens is 1. The molecule has 0 radical (unpaired) electrons. The van der Waals surface area contributed by atoms with Crippen LogP contribution in [0.2, 0.25) is 5.02 Å². The zero-order valence-electron chi connectivity index (χ0n) is 11.0. The first-order valence-electron chi connectivity index (χ1n) is 5.92. The fourth-order valence-corrected chi connectivity index (χ4v) is 3.39. The SMILES string of the molecule is Cc1ccccc1NS(=O)(=O)c1cc(C(=O)O)ccc1Cl. The molecule has 7 heteroatoms. The number of sulfonamides is 1. The van der Waals surface area contributed by atoms with Gasteiger partial charge in [0.05, 0.1) is 16.3 Å². The molecular weight excluding hydrogens is 314 g/mol. The number of carboxylic acids is 1. The fraction of sp³-hybridized carbons (Fsp3) is 0.0714. The number of nitrogens with one attached hydrogen (secondary N) is 1. The molecule has 0 aliphatic rings. The van der Waals surface area contributed by atoms with E-state index < -0.39 is 16.0 Å². The van der Waals surface area contributed by atoms with Crippen molar-refractivity contribution in [2.45, 2.75) is 11.8 Å². The van der Waals surface area contributed by atoms with Crippen LogP contribution >= 0.6 is 11.6 Å². The van der Waals surface area contributed by atoms with Gasteiger partial charge in [-0.25, -0.2) is 13.2 Å². The molecule has 2 aromatic rings. The lowest BCUT2D eigenvalue weighted by Gasteiger charge is -2.12. The number of carbonyl (C=O) groups is 1. The van der Waals surface area contributed by atoms with Gasteiger partial charge in [0.15, 0.2) is 0 Å². The largest absolute Gasteiger partial charge is 0.478 e. The van der Waals surface area contributed by atoms with Gasteiger partial charge >= 0.3 is 5.97 Å². The van der Waals surface area contributed by atoms with Gasteiger partial charge in [-0.3, -0.25) is 4.72 Å². The highest BCUT2D eigenvalue weighted by atomic mass is 35.5. The van der Waals surface area contributed by atoms with E-state index in [1.54, 1.807) is 31.2 Å². The lowest BCUT2D eigenvalue weighted by molar-refractivity contribution is 0.0696. The Bertz CT molecular complexity index is 802. The molecule has 0 aliphatic heterocycles. The lowest BCUT2D eigenvalue weighted by Crippen LogP contribution is -2.15. The summed E-state index contributed by atoms with van der Waals surface area (Å²) in [5.74, 6) is -1.22. The average Bonchev–Trinajstić information content (AvgIpc) is 2.41. The van der Waals surface area contributed by atoms with Crippen LogP contribution in [0.15, 0.2) is 47.4 Å². The number of aromatic carboxylic acids is 1. The summed E-state index contributed by atoms with van der Waals surface area (Å²) in [7, 11) is -3.97. The van der Waals surface area contributed by atoms with Crippen molar-refractivity contribution in [3.8, 4) is 0 Å². The molecule has 110 valence electrons. The highest BCUT2D eigenvalue weighted by Crippen LogP contribution is 2.26. The molecular formula is C14H12ClNO4S. The van der Waals surface area contributed by atoms with Crippen LogP contribution in [0.4, 0.5) is 5.69 Å². The normalized spacial score (nSPS) is 11.1. The molecule has 21 heavy (non-hydrogen) atoms. The molecule has 0 heterocycles. The van der Waals surface area contributed by atoms with Crippen molar-refractivity contribution in [2.75, 3.05) is 4.72 Å². The molecule has 0 aromatic heterocycles. The van der Waals surface area contributed by atoms with Crippen molar-refractivity contribution in [1.29, 1.82) is 0 Å². The average molecular weight is 326 g/mol. The molecule has 2 N–H and O–H groups in total. The van der Waals surface area contributed by atoms with Crippen molar-refractivity contribution in [1.82, 2.24) is 0 Å². The first-order valence-corrected chi connectivity index (χ1v) is 7.78. The van der Waals surface area contributed by atoms with Crippen molar-refractivity contribution < 1.29 is 18.3 Å². The maximum atomic E-state index is 12.4. The topological polar surface area (TPSA) is 83.5 Å². The quantitative estimate of drug-likeness (QED) is 0.904. The maximum Gasteiger partial charge on any atom is 0.335 e. The Kier molecular flexibility index (Phi) is 4.20. The van der Waals surface area contributed by atoms with Gasteiger partial charge < -0.3 is 5.11 Å². The predicted molar refractivity (Wildman–Crippen MR) is 80.4 cm³/mol. The van der Waals surface area contributed by atoms with Gasteiger partial charge in [-0.05, 0) is 36.8 Å². The summed E-state index contributed by atoms with van der Waals surface area (Å²) < 4.78 is 27.1. The van der Waals surface area contributed by atoms with E-state index >= 15 is 0 Å². The van der Waals surface area contributed by atoms with Gasteiger partial charge in [-0.1, -0.05) is 29.8 Å². The van der Waals surface area contributed by atoms with E-state index in [4.69, 9.17) is 16.7 Å². The van der Waals surface area contributed by atoms with Crippen LogP contribution in [0.3, 0.4) is 0 Å². The summed E-state index contributed by atoms with van der Waals surface area (Å²) in [6, 6.07) is 10.4. The molecule has 0 spiro atoms. The van der Waals surface area contributed by atoms with Gasteiger partial charge in [0.25, 0.3) is 10.0 Å². The fourth-order valence-electron chi connectivity index (χ4n) is 1.73.